The number of carboxylic acid groups (broad SMARTS) is 1. The molecule has 0 heterocycles. The number of hydrogen-bond donors (Lipinski definition) is 1. The molecule has 0 atom stereocenters. The minimum atomic E-state index is -0.980. The van der Waals surface area contributed by atoms with Crippen LogP contribution in [0.25, 0.3) is 6.08 Å². The number of para-hydroxylation sites is 2. The van der Waals surface area contributed by atoms with Gasteiger partial charge in [-0.05, 0) is 35.9 Å². The van der Waals surface area contributed by atoms with Crippen LogP contribution in [-0.2, 0) is 4.79 Å². The van der Waals surface area contributed by atoms with Crippen LogP contribution in [0.2, 0.25) is 0 Å². The molecule has 24 heavy (non-hydrogen) atoms. The summed E-state index contributed by atoms with van der Waals surface area (Å²) < 4.78 is 0. The molecular formula is C21H17NO2. The molecule has 0 radical (unpaired) electrons. The third-order valence-electron chi connectivity index (χ3n) is 3.59. The molecule has 3 aromatic carbocycles. The van der Waals surface area contributed by atoms with E-state index >= 15 is 0 Å². The van der Waals surface area contributed by atoms with E-state index in [1.54, 1.807) is 11.0 Å². The minimum Gasteiger partial charge on any atom is -0.477 e. The van der Waals surface area contributed by atoms with Gasteiger partial charge in [-0.25, -0.2) is 4.79 Å². The van der Waals surface area contributed by atoms with Crippen molar-refractivity contribution in [1.29, 1.82) is 0 Å². The first-order valence-electron chi connectivity index (χ1n) is 7.66. The predicted molar refractivity (Wildman–Crippen MR) is 97.1 cm³/mol. The molecular weight excluding hydrogens is 298 g/mol. The normalized spacial score (nSPS) is 11.1. The topological polar surface area (TPSA) is 40.5 Å². The van der Waals surface area contributed by atoms with Gasteiger partial charge in [-0.3, -0.25) is 0 Å². The van der Waals surface area contributed by atoms with E-state index in [2.05, 4.69) is 0 Å². The fourth-order valence-electron chi connectivity index (χ4n) is 2.51. The summed E-state index contributed by atoms with van der Waals surface area (Å²) in [6.07, 6.45) is 1.68. The molecule has 0 saturated heterocycles. The van der Waals surface area contributed by atoms with Crippen molar-refractivity contribution >= 4 is 23.4 Å². The van der Waals surface area contributed by atoms with Gasteiger partial charge in [-0.1, -0.05) is 66.7 Å². The fourth-order valence-corrected chi connectivity index (χ4v) is 2.51. The largest absolute Gasteiger partial charge is 0.477 e. The number of anilines is 2. The number of benzene rings is 3. The van der Waals surface area contributed by atoms with E-state index in [1.807, 2.05) is 91.0 Å². The third-order valence-corrected chi connectivity index (χ3v) is 3.59. The van der Waals surface area contributed by atoms with Crippen LogP contribution >= 0.6 is 0 Å². The van der Waals surface area contributed by atoms with Gasteiger partial charge in [0.15, 0.2) is 0 Å². The number of aliphatic carboxylic acids is 1. The molecule has 0 aliphatic rings. The standard InChI is InChI=1S/C21H17NO2/c23-21(24)20(16-17-10-4-1-5-11-17)22(18-12-6-2-7-13-18)19-14-8-3-9-15-19/h1-16H,(H,23,24). The smallest absolute Gasteiger partial charge is 0.352 e. The molecule has 1 N–H and O–H groups in total. The molecule has 0 spiro atoms. The lowest BCUT2D eigenvalue weighted by Crippen LogP contribution is -2.22. The molecule has 0 fully saturated rings. The Morgan fingerprint density at radius 1 is 0.708 bits per heavy atom. The van der Waals surface area contributed by atoms with Crippen molar-refractivity contribution in [2.45, 2.75) is 0 Å². The van der Waals surface area contributed by atoms with Gasteiger partial charge in [-0.2, -0.15) is 0 Å². The molecule has 3 aromatic rings. The first-order valence-corrected chi connectivity index (χ1v) is 7.66. The van der Waals surface area contributed by atoms with Gasteiger partial charge in [0.2, 0.25) is 0 Å². The summed E-state index contributed by atoms with van der Waals surface area (Å²) in [6.45, 7) is 0. The Balaban J connectivity index is 2.15. The number of hydrogen-bond acceptors (Lipinski definition) is 2. The molecule has 0 aromatic heterocycles. The van der Waals surface area contributed by atoms with Crippen molar-refractivity contribution in [3.63, 3.8) is 0 Å². The van der Waals surface area contributed by atoms with Gasteiger partial charge in [0.05, 0.1) is 0 Å². The molecule has 0 aliphatic carbocycles. The van der Waals surface area contributed by atoms with Crippen molar-refractivity contribution < 1.29 is 9.90 Å². The van der Waals surface area contributed by atoms with Crippen LogP contribution in [0.4, 0.5) is 11.4 Å². The average molecular weight is 315 g/mol. The van der Waals surface area contributed by atoms with Gasteiger partial charge in [0.1, 0.15) is 5.70 Å². The monoisotopic (exact) mass is 315 g/mol. The van der Waals surface area contributed by atoms with Crippen molar-refractivity contribution in [3.05, 3.63) is 102 Å². The molecule has 0 aliphatic heterocycles. The molecule has 0 bridgehead atoms. The van der Waals surface area contributed by atoms with E-state index in [-0.39, 0.29) is 5.70 Å². The quantitative estimate of drug-likeness (QED) is 0.677. The zero-order valence-corrected chi connectivity index (χ0v) is 13.0. The zero-order chi connectivity index (χ0) is 16.8. The van der Waals surface area contributed by atoms with E-state index in [0.29, 0.717) is 0 Å². The molecule has 3 rings (SSSR count). The summed E-state index contributed by atoms with van der Waals surface area (Å²) in [5, 5.41) is 9.82. The maximum atomic E-state index is 12.0. The Hall–Kier alpha value is -3.33. The average Bonchev–Trinajstić information content (AvgIpc) is 2.64. The number of carbonyl (C=O) groups is 1. The van der Waals surface area contributed by atoms with Crippen LogP contribution in [0.5, 0.6) is 0 Å². The van der Waals surface area contributed by atoms with Crippen LogP contribution in [0.1, 0.15) is 5.56 Å². The van der Waals surface area contributed by atoms with Gasteiger partial charge >= 0.3 is 5.97 Å². The van der Waals surface area contributed by atoms with Crippen LogP contribution in [0, 0.1) is 0 Å². The lowest BCUT2D eigenvalue weighted by molar-refractivity contribution is -0.132. The minimum absolute atomic E-state index is 0.193. The summed E-state index contributed by atoms with van der Waals surface area (Å²) in [7, 11) is 0. The number of rotatable bonds is 5. The molecule has 3 nitrogen and oxygen atoms in total. The highest BCUT2D eigenvalue weighted by atomic mass is 16.4. The SMILES string of the molecule is O=C(O)C(=Cc1ccccc1)N(c1ccccc1)c1ccccc1. The Morgan fingerprint density at radius 3 is 1.54 bits per heavy atom. The highest BCUT2D eigenvalue weighted by molar-refractivity contribution is 5.99. The van der Waals surface area contributed by atoms with Crippen molar-refractivity contribution in [3.8, 4) is 0 Å². The summed E-state index contributed by atoms with van der Waals surface area (Å²) >= 11 is 0. The van der Waals surface area contributed by atoms with Gasteiger partial charge in [0.25, 0.3) is 0 Å². The van der Waals surface area contributed by atoms with Gasteiger partial charge < -0.3 is 10.0 Å². The Labute approximate surface area is 141 Å². The highest BCUT2D eigenvalue weighted by Gasteiger charge is 2.20. The van der Waals surface area contributed by atoms with Gasteiger partial charge in [-0.15, -0.1) is 0 Å². The van der Waals surface area contributed by atoms with Crippen molar-refractivity contribution in [2.75, 3.05) is 4.90 Å². The second-order valence-corrected chi connectivity index (χ2v) is 5.25. The third kappa shape index (κ3) is 3.52. The van der Waals surface area contributed by atoms with Crippen molar-refractivity contribution in [2.24, 2.45) is 0 Å². The summed E-state index contributed by atoms with van der Waals surface area (Å²) in [4.78, 5) is 13.7. The van der Waals surface area contributed by atoms with E-state index < -0.39 is 5.97 Å². The molecule has 0 amide bonds. The summed E-state index contributed by atoms with van der Waals surface area (Å²) in [5.74, 6) is -0.980. The maximum Gasteiger partial charge on any atom is 0.352 e. The molecule has 3 heteroatoms. The second-order valence-electron chi connectivity index (χ2n) is 5.25. The van der Waals surface area contributed by atoms with E-state index in [0.717, 1.165) is 16.9 Å². The molecule has 0 unspecified atom stereocenters. The van der Waals surface area contributed by atoms with Crippen LogP contribution in [0.15, 0.2) is 96.7 Å². The highest BCUT2D eigenvalue weighted by Crippen LogP contribution is 2.30. The number of carboxylic acids is 1. The summed E-state index contributed by atoms with van der Waals surface area (Å²) in [5.41, 5.74) is 2.63. The first-order chi connectivity index (χ1) is 11.8. The summed E-state index contributed by atoms with van der Waals surface area (Å²) in [6, 6.07) is 28.5. The molecule has 0 saturated carbocycles. The predicted octanol–water partition coefficient (Wildman–Crippen LogP) is 4.95. The Morgan fingerprint density at radius 2 is 1.12 bits per heavy atom. The van der Waals surface area contributed by atoms with E-state index in [4.69, 9.17) is 0 Å². The Kier molecular flexibility index (Phi) is 4.73. The van der Waals surface area contributed by atoms with E-state index in [1.165, 1.54) is 0 Å². The lowest BCUT2D eigenvalue weighted by atomic mass is 10.1. The van der Waals surface area contributed by atoms with Crippen LogP contribution < -0.4 is 4.90 Å². The number of nitrogens with zero attached hydrogens (tertiary/aromatic N) is 1. The van der Waals surface area contributed by atoms with Gasteiger partial charge in [0, 0.05) is 11.4 Å². The van der Waals surface area contributed by atoms with E-state index in [9.17, 15) is 9.90 Å². The second kappa shape index (κ2) is 7.29. The first kappa shape index (κ1) is 15.6. The molecule has 118 valence electrons. The maximum absolute atomic E-state index is 12.0. The Bertz CT molecular complexity index is 788. The van der Waals surface area contributed by atoms with Crippen molar-refractivity contribution in [1.82, 2.24) is 0 Å². The van der Waals surface area contributed by atoms with Crippen LogP contribution in [0.3, 0.4) is 0 Å². The van der Waals surface area contributed by atoms with Crippen LogP contribution in [-0.4, -0.2) is 11.1 Å². The fraction of sp³-hybridized carbons (Fsp3) is 0. The zero-order valence-electron chi connectivity index (χ0n) is 13.0. The lowest BCUT2D eigenvalue weighted by Gasteiger charge is -2.25.